The number of morpholine rings is 1. The molecule has 0 bridgehead atoms. The Bertz CT molecular complexity index is 729. The smallest absolute Gasteiger partial charge is 0.309 e. The summed E-state index contributed by atoms with van der Waals surface area (Å²) >= 11 is 0. The number of carbonyl (C=O) groups excluding carboxylic acids is 1. The van der Waals surface area contributed by atoms with Crippen LogP contribution in [0.2, 0.25) is 0 Å². The highest BCUT2D eigenvalue weighted by molar-refractivity contribution is 7.85. The maximum absolute atomic E-state index is 12.6. The average molecular weight is 383 g/mol. The third-order valence-electron chi connectivity index (χ3n) is 4.93. The Labute approximate surface area is 154 Å². The summed E-state index contributed by atoms with van der Waals surface area (Å²) in [5.74, 6) is -1.25. The van der Waals surface area contributed by atoms with Crippen LogP contribution in [0.15, 0.2) is 24.3 Å². The van der Waals surface area contributed by atoms with Gasteiger partial charge in [0.05, 0.1) is 19.1 Å². The molecule has 2 atom stereocenters. The van der Waals surface area contributed by atoms with E-state index < -0.39 is 22.0 Å². The van der Waals surface area contributed by atoms with Gasteiger partial charge >= 0.3 is 5.97 Å². The lowest BCUT2D eigenvalue weighted by atomic mass is 9.84. The first kappa shape index (κ1) is 19.3. The standard InChI is InChI=1S/C18H25NO6S/c20-18(16-6-5-14-3-1-2-4-15(14)11-16)25-17(13-26(21,22)23)12-19-7-9-24-10-8-19/h1-4,16-17H,5-13H2,(H,21,22,23). The lowest BCUT2D eigenvalue weighted by Crippen LogP contribution is -2.45. The predicted octanol–water partition coefficient (Wildman–Crippen LogP) is 0.923. The fourth-order valence-corrected chi connectivity index (χ4v) is 4.23. The Balaban J connectivity index is 1.62. The molecule has 0 amide bonds. The lowest BCUT2D eigenvalue weighted by molar-refractivity contribution is -0.154. The van der Waals surface area contributed by atoms with Gasteiger partial charge in [0.25, 0.3) is 10.1 Å². The molecule has 0 aromatic heterocycles. The zero-order valence-electron chi connectivity index (χ0n) is 14.7. The molecule has 1 aromatic rings. The summed E-state index contributed by atoms with van der Waals surface area (Å²) in [6.07, 6.45) is 1.22. The molecule has 1 fully saturated rings. The van der Waals surface area contributed by atoms with Gasteiger partial charge in [0.1, 0.15) is 11.9 Å². The highest BCUT2D eigenvalue weighted by Crippen LogP contribution is 2.26. The van der Waals surface area contributed by atoms with Gasteiger partial charge in [-0.2, -0.15) is 8.42 Å². The van der Waals surface area contributed by atoms with Crippen LogP contribution in [0, 0.1) is 5.92 Å². The molecule has 0 radical (unpaired) electrons. The maximum atomic E-state index is 12.6. The highest BCUT2D eigenvalue weighted by Gasteiger charge is 2.30. The molecule has 7 nitrogen and oxygen atoms in total. The van der Waals surface area contributed by atoms with Crippen molar-refractivity contribution in [1.29, 1.82) is 0 Å². The van der Waals surface area contributed by atoms with Crippen LogP contribution in [0.5, 0.6) is 0 Å². The minimum absolute atomic E-state index is 0.276. The van der Waals surface area contributed by atoms with Crippen LogP contribution < -0.4 is 0 Å². The number of hydrogen-bond acceptors (Lipinski definition) is 6. The van der Waals surface area contributed by atoms with Crippen LogP contribution in [0.3, 0.4) is 0 Å². The van der Waals surface area contributed by atoms with E-state index in [0.29, 0.717) is 39.1 Å². The van der Waals surface area contributed by atoms with Crippen molar-refractivity contribution in [3.63, 3.8) is 0 Å². The van der Waals surface area contributed by atoms with E-state index in [1.807, 2.05) is 23.1 Å². The molecule has 2 unspecified atom stereocenters. The van der Waals surface area contributed by atoms with Crippen molar-refractivity contribution in [1.82, 2.24) is 4.90 Å². The summed E-state index contributed by atoms with van der Waals surface area (Å²) < 4.78 is 42.7. The zero-order chi connectivity index (χ0) is 18.6. The van der Waals surface area contributed by atoms with Gasteiger partial charge < -0.3 is 9.47 Å². The third-order valence-corrected chi connectivity index (χ3v) is 5.72. The number of nitrogens with zero attached hydrogens (tertiary/aromatic N) is 1. The Morgan fingerprint density at radius 3 is 2.65 bits per heavy atom. The molecule has 1 heterocycles. The van der Waals surface area contributed by atoms with Gasteiger partial charge in [-0.15, -0.1) is 0 Å². The maximum Gasteiger partial charge on any atom is 0.309 e. The Kier molecular flexibility index (Phi) is 6.29. The Morgan fingerprint density at radius 1 is 1.27 bits per heavy atom. The molecular formula is C18H25NO6S. The van der Waals surface area contributed by atoms with Crippen LogP contribution in [-0.4, -0.2) is 68.5 Å². The molecule has 1 saturated heterocycles. The molecule has 2 aliphatic rings. The molecule has 144 valence electrons. The van der Waals surface area contributed by atoms with Gasteiger partial charge in [-0.3, -0.25) is 14.2 Å². The lowest BCUT2D eigenvalue weighted by Gasteiger charge is -2.31. The molecule has 8 heteroatoms. The van der Waals surface area contributed by atoms with E-state index in [9.17, 15) is 17.8 Å². The number of esters is 1. The van der Waals surface area contributed by atoms with Gasteiger partial charge in [0.15, 0.2) is 0 Å². The minimum Gasteiger partial charge on any atom is -0.460 e. The zero-order valence-corrected chi connectivity index (χ0v) is 15.5. The molecular weight excluding hydrogens is 358 g/mol. The second-order valence-corrected chi connectivity index (χ2v) is 8.43. The molecule has 1 aromatic carbocycles. The van der Waals surface area contributed by atoms with Crippen molar-refractivity contribution in [3.05, 3.63) is 35.4 Å². The molecule has 3 rings (SSSR count). The van der Waals surface area contributed by atoms with Gasteiger partial charge in [0, 0.05) is 19.6 Å². The molecule has 0 saturated carbocycles. The van der Waals surface area contributed by atoms with E-state index in [0.717, 1.165) is 12.0 Å². The van der Waals surface area contributed by atoms with Crippen molar-refractivity contribution in [2.75, 3.05) is 38.6 Å². The fraction of sp³-hybridized carbons (Fsp3) is 0.611. The first-order valence-electron chi connectivity index (χ1n) is 8.93. The van der Waals surface area contributed by atoms with E-state index in [4.69, 9.17) is 9.47 Å². The van der Waals surface area contributed by atoms with E-state index in [1.54, 1.807) is 0 Å². The van der Waals surface area contributed by atoms with Crippen molar-refractivity contribution in [2.45, 2.75) is 25.4 Å². The number of aryl methyl sites for hydroxylation is 1. The molecule has 1 aliphatic carbocycles. The summed E-state index contributed by atoms with van der Waals surface area (Å²) in [5, 5.41) is 0. The minimum atomic E-state index is -4.23. The second-order valence-electron chi connectivity index (χ2n) is 6.93. The summed E-state index contributed by atoms with van der Waals surface area (Å²) in [6, 6.07) is 8.02. The van der Waals surface area contributed by atoms with E-state index >= 15 is 0 Å². The van der Waals surface area contributed by atoms with Crippen LogP contribution in [-0.2, 0) is 37.2 Å². The van der Waals surface area contributed by atoms with Crippen LogP contribution in [0.25, 0.3) is 0 Å². The largest absolute Gasteiger partial charge is 0.460 e. The summed E-state index contributed by atoms with van der Waals surface area (Å²) in [6.45, 7) is 2.70. The Morgan fingerprint density at radius 2 is 1.96 bits per heavy atom. The quantitative estimate of drug-likeness (QED) is 0.577. The SMILES string of the molecule is O=C(OC(CN1CCOCC1)CS(=O)(=O)O)C1CCc2ccccc2C1. The van der Waals surface area contributed by atoms with E-state index in [-0.39, 0.29) is 18.4 Å². The first-order chi connectivity index (χ1) is 12.4. The summed E-state index contributed by atoms with van der Waals surface area (Å²) in [4.78, 5) is 14.6. The average Bonchev–Trinajstić information content (AvgIpc) is 2.60. The molecule has 26 heavy (non-hydrogen) atoms. The number of benzene rings is 1. The number of ether oxygens (including phenoxy) is 2. The molecule has 0 spiro atoms. The normalized spacial score (nSPS) is 22.4. The van der Waals surface area contributed by atoms with Crippen LogP contribution in [0.1, 0.15) is 17.5 Å². The monoisotopic (exact) mass is 383 g/mol. The summed E-state index contributed by atoms with van der Waals surface area (Å²) in [5.41, 5.74) is 2.39. The number of fused-ring (bicyclic) bond motifs is 1. The number of hydrogen-bond donors (Lipinski definition) is 1. The number of rotatable bonds is 6. The predicted molar refractivity (Wildman–Crippen MR) is 95.5 cm³/mol. The van der Waals surface area contributed by atoms with E-state index in [2.05, 4.69) is 6.07 Å². The topological polar surface area (TPSA) is 93.1 Å². The fourth-order valence-electron chi connectivity index (χ4n) is 3.59. The molecule has 1 aliphatic heterocycles. The third kappa shape index (κ3) is 5.51. The van der Waals surface area contributed by atoms with E-state index in [1.165, 1.54) is 5.56 Å². The van der Waals surface area contributed by atoms with Gasteiger partial charge in [-0.25, -0.2) is 0 Å². The second kappa shape index (κ2) is 8.47. The van der Waals surface area contributed by atoms with Gasteiger partial charge in [-0.05, 0) is 30.4 Å². The van der Waals surface area contributed by atoms with Crippen molar-refractivity contribution in [2.24, 2.45) is 5.92 Å². The van der Waals surface area contributed by atoms with Crippen molar-refractivity contribution in [3.8, 4) is 0 Å². The van der Waals surface area contributed by atoms with Gasteiger partial charge in [-0.1, -0.05) is 24.3 Å². The number of carbonyl (C=O) groups is 1. The Hall–Kier alpha value is -1.48. The van der Waals surface area contributed by atoms with Crippen molar-refractivity contribution >= 4 is 16.1 Å². The summed E-state index contributed by atoms with van der Waals surface area (Å²) in [7, 11) is -4.23. The van der Waals surface area contributed by atoms with Gasteiger partial charge in [0.2, 0.25) is 0 Å². The highest BCUT2D eigenvalue weighted by atomic mass is 32.2. The first-order valence-corrected chi connectivity index (χ1v) is 10.5. The van der Waals surface area contributed by atoms with Crippen LogP contribution >= 0.6 is 0 Å². The van der Waals surface area contributed by atoms with Crippen molar-refractivity contribution < 1.29 is 27.2 Å². The van der Waals surface area contributed by atoms with Crippen LogP contribution in [0.4, 0.5) is 0 Å². The molecule has 1 N–H and O–H groups in total.